The van der Waals surface area contributed by atoms with Gasteiger partial charge in [0.05, 0.1) is 13.7 Å². The molecule has 1 atom stereocenters. The normalized spacial score (nSPS) is 20.4. The third-order valence-corrected chi connectivity index (χ3v) is 3.66. The minimum atomic E-state index is -0.156. The first-order chi connectivity index (χ1) is 9.10. The van der Waals surface area contributed by atoms with Crippen molar-refractivity contribution in [3.05, 3.63) is 29.8 Å². The summed E-state index contributed by atoms with van der Waals surface area (Å²) in [6, 6.07) is 9.02. The number of hydrogen-bond donors (Lipinski definition) is 0. The molecular formula is C15H22N2O2. The summed E-state index contributed by atoms with van der Waals surface area (Å²) < 4.78 is 4.72. The number of nitrogens with zero attached hydrogens (tertiary/aromatic N) is 2. The molecule has 19 heavy (non-hydrogen) atoms. The molecule has 1 aliphatic heterocycles. The van der Waals surface area contributed by atoms with Gasteiger partial charge in [0, 0.05) is 31.4 Å². The number of hydrogen-bond acceptors (Lipinski definition) is 4. The third-order valence-electron chi connectivity index (χ3n) is 3.66. The summed E-state index contributed by atoms with van der Waals surface area (Å²) in [6.45, 7) is 7.42. The Morgan fingerprint density at radius 2 is 2.00 bits per heavy atom. The predicted molar refractivity (Wildman–Crippen MR) is 76.4 cm³/mol. The number of ether oxygens (including phenoxy) is 1. The van der Waals surface area contributed by atoms with E-state index >= 15 is 0 Å². The second-order valence-corrected chi connectivity index (χ2v) is 5.19. The van der Waals surface area contributed by atoms with Crippen LogP contribution in [0.1, 0.15) is 12.5 Å². The van der Waals surface area contributed by atoms with Crippen molar-refractivity contribution in [2.45, 2.75) is 19.9 Å². The van der Waals surface area contributed by atoms with Crippen molar-refractivity contribution in [3.8, 4) is 0 Å². The number of benzene rings is 1. The topological polar surface area (TPSA) is 32.8 Å². The summed E-state index contributed by atoms with van der Waals surface area (Å²) in [5.74, 6) is -0.156. The highest BCUT2D eigenvalue weighted by atomic mass is 16.5. The zero-order valence-electron chi connectivity index (χ0n) is 11.9. The molecule has 1 saturated heterocycles. The van der Waals surface area contributed by atoms with Crippen LogP contribution in [0, 0.1) is 6.92 Å². The summed E-state index contributed by atoms with van der Waals surface area (Å²) in [4.78, 5) is 15.8. The molecule has 0 aliphatic carbocycles. The van der Waals surface area contributed by atoms with E-state index in [4.69, 9.17) is 4.74 Å². The van der Waals surface area contributed by atoms with Gasteiger partial charge in [0.2, 0.25) is 0 Å². The standard InChI is InChI=1S/C15H22N2O2/c1-12-4-6-14(7-5-12)17-9-8-16(10-13(17)2)11-15(18)19-3/h4-7,13H,8-11H2,1-3H3/t13-/m0/s1. The van der Waals surface area contributed by atoms with Crippen LogP contribution in [-0.2, 0) is 9.53 Å². The van der Waals surface area contributed by atoms with Gasteiger partial charge in [-0.15, -0.1) is 0 Å². The molecule has 1 aromatic carbocycles. The molecule has 1 heterocycles. The summed E-state index contributed by atoms with van der Waals surface area (Å²) in [5.41, 5.74) is 2.54. The Kier molecular flexibility index (Phi) is 4.43. The molecular weight excluding hydrogens is 240 g/mol. The van der Waals surface area contributed by atoms with Crippen LogP contribution in [0.4, 0.5) is 5.69 Å². The summed E-state index contributed by atoms with van der Waals surface area (Å²) in [6.07, 6.45) is 0. The number of rotatable bonds is 3. The smallest absolute Gasteiger partial charge is 0.319 e. The number of carbonyl (C=O) groups excluding carboxylic acids is 1. The third kappa shape index (κ3) is 3.47. The summed E-state index contributed by atoms with van der Waals surface area (Å²) >= 11 is 0. The zero-order valence-corrected chi connectivity index (χ0v) is 11.9. The van der Waals surface area contributed by atoms with Crippen molar-refractivity contribution in [3.63, 3.8) is 0 Å². The van der Waals surface area contributed by atoms with Gasteiger partial charge in [0.1, 0.15) is 0 Å². The van der Waals surface area contributed by atoms with E-state index in [1.807, 2.05) is 0 Å². The zero-order chi connectivity index (χ0) is 13.8. The Hall–Kier alpha value is -1.55. The maximum atomic E-state index is 11.3. The SMILES string of the molecule is COC(=O)CN1CCN(c2ccc(C)cc2)[C@@H](C)C1. The average molecular weight is 262 g/mol. The number of piperazine rings is 1. The molecule has 2 rings (SSSR count). The monoisotopic (exact) mass is 262 g/mol. The van der Waals surface area contributed by atoms with E-state index in [-0.39, 0.29) is 5.97 Å². The van der Waals surface area contributed by atoms with Crippen molar-refractivity contribution in [2.24, 2.45) is 0 Å². The maximum absolute atomic E-state index is 11.3. The highest BCUT2D eigenvalue weighted by molar-refractivity contribution is 5.71. The summed E-state index contributed by atoms with van der Waals surface area (Å²) in [7, 11) is 1.44. The first-order valence-electron chi connectivity index (χ1n) is 6.72. The van der Waals surface area contributed by atoms with E-state index in [0.717, 1.165) is 19.6 Å². The molecule has 0 amide bonds. The lowest BCUT2D eigenvalue weighted by molar-refractivity contribution is -0.142. The van der Waals surface area contributed by atoms with E-state index in [0.29, 0.717) is 12.6 Å². The van der Waals surface area contributed by atoms with E-state index < -0.39 is 0 Å². The lowest BCUT2D eigenvalue weighted by Crippen LogP contribution is -2.53. The second kappa shape index (κ2) is 6.06. The van der Waals surface area contributed by atoms with Gasteiger partial charge in [-0.2, -0.15) is 0 Å². The van der Waals surface area contributed by atoms with Crippen LogP contribution in [0.5, 0.6) is 0 Å². The number of carbonyl (C=O) groups is 1. The van der Waals surface area contributed by atoms with Crippen LogP contribution in [-0.4, -0.2) is 50.2 Å². The maximum Gasteiger partial charge on any atom is 0.319 e. The molecule has 0 bridgehead atoms. The average Bonchev–Trinajstić information content (AvgIpc) is 2.40. The van der Waals surface area contributed by atoms with E-state index in [1.165, 1.54) is 18.4 Å². The molecule has 4 heteroatoms. The Morgan fingerprint density at radius 1 is 1.32 bits per heavy atom. The van der Waals surface area contributed by atoms with Gasteiger partial charge in [0.15, 0.2) is 0 Å². The number of methoxy groups -OCH3 is 1. The lowest BCUT2D eigenvalue weighted by Gasteiger charge is -2.40. The Balaban J connectivity index is 1.97. The fraction of sp³-hybridized carbons (Fsp3) is 0.533. The van der Waals surface area contributed by atoms with Crippen LogP contribution in [0.3, 0.4) is 0 Å². The minimum Gasteiger partial charge on any atom is -0.468 e. The molecule has 1 aliphatic rings. The largest absolute Gasteiger partial charge is 0.468 e. The van der Waals surface area contributed by atoms with Crippen LogP contribution in [0.15, 0.2) is 24.3 Å². The van der Waals surface area contributed by atoms with E-state index in [2.05, 4.69) is 47.9 Å². The van der Waals surface area contributed by atoms with Gasteiger partial charge in [-0.05, 0) is 26.0 Å². The van der Waals surface area contributed by atoms with E-state index in [9.17, 15) is 4.79 Å². The van der Waals surface area contributed by atoms with Crippen molar-refractivity contribution >= 4 is 11.7 Å². The highest BCUT2D eigenvalue weighted by Crippen LogP contribution is 2.20. The first-order valence-corrected chi connectivity index (χ1v) is 6.72. The van der Waals surface area contributed by atoms with Gasteiger partial charge >= 0.3 is 5.97 Å². The second-order valence-electron chi connectivity index (χ2n) is 5.19. The van der Waals surface area contributed by atoms with Gasteiger partial charge in [0.25, 0.3) is 0 Å². The molecule has 4 nitrogen and oxygen atoms in total. The van der Waals surface area contributed by atoms with E-state index in [1.54, 1.807) is 0 Å². The molecule has 0 unspecified atom stereocenters. The number of esters is 1. The molecule has 1 aromatic rings. The predicted octanol–water partition coefficient (Wildman–Crippen LogP) is 1.68. The molecule has 104 valence electrons. The minimum absolute atomic E-state index is 0.156. The lowest BCUT2D eigenvalue weighted by atomic mass is 10.1. The number of anilines is 1. The van der Waals surface area contributed by atoms with Gasteiger partial charge in [-0.3, -0.25) is 9.69 Å². The molecule has 0 saturated carbocycles. The molecule has 0 N–H and O–H groups in total. The Morgan fingerprint density at radius 3 is 2.58 bits per heavy atom. The van der Waals surface area contributed by atoms with Crippen LogP contribution in [0.25, 0.3) is 0 Å². The summed E-state index contributed by atoms with van der Waals surface area (Å²) in [5, 5.41) is 0. The fourth-order valence-electron chi connectivity index (χ4n) is 2.54. The molecule has 0 spiro atoms. The van der Waals surface area contributed by atoms with Crippen molar-refractivity contribution < 1.29 is 9.53 Å². The van der Waals surface area contributed by atoms with Crippen LogP contribution < -0.4 is 4.90 Å². The Bertz CT molecular complexity index is 430. The first kappa shape index (κ1) is 13.9. The van der Waals surface area contributed by atoms with Crippen LogP contribution >= 0.6 is 0 Å². The number of aryl methyl sites for hydroxylation is 1. The van der Waals surface area contributed by atoms with Crippen molar-refractivity contribution in [1.29, 1.82) is 0 Å². The van der Waals surface area contributed by atoms with Gasteiger partial charge in [-0.25, -0.2) is 0 Å². The van der Waals surface area contributed by atoms with Crippen molar-refractivity contribution in [1.82, 2.24) is 4.90 Å². The molecule has 1 fully saturated rings. The van der Waals surface area contributed by atoms with Gasteiger partial charge in [-0.1, -0.05) is 17.7 Å². The van der Waals surface area contributed by atoms with Gasteiger partial charge < -0.3 is 9.64 Å². The quantitative estimate of drug-likeness (QED) is 0.776. The van der Waals surface area contributed by atoms with Crippen LogP contribution in [0.2, 0.25) is 0 Å². The highest BCUT2D eigenvalue weighted by Gasteiger charge is 2.25. The Labute approximate surface area is 115 Å². The van der Waals surface area contributed by atoms with Crippen molar-refractivity contribution in [2.75, 3.05) is 38.2 Å². The molecule has 0 aromatic heterocycles. The fourth-order valence-corrected chi connectivity index (χ4v) is 2.54. The molecule has 0 radical (unpaired) electrons.